The lowest BCUT2D eigenvalue weighted by molar-refractivity contribution is -0.0713. The maximum absolute atomic E-state index is 9.85. The molecule has 2 rings (SSSR count). The predicted octanol–water partition coefficient (Wildman–Crippen LogP) is -0.421. The van der Waals surface area contributed by atoms with Crippen LogP contribution in [-0.4, -0.2) is 56.9 Å². The summed E-state index contributed by atoms with van der Waals surface area (Å²) in [5.74, 6) is 0. The van der Waals surface area contributed by atoms with Crippen LogP contribution in [0, 0.1) is 0 Å². The Labute approximate surface area is 109 Å². The molecule has 100 valence electrons. The van der Waals surface area contributed by atoms with E-state index in [1.54, 1.807) is 0 Å². The van der Waals surface area contributed by atoms with Crippen LogP contribution >= 0.6 is 11.8 Å². The van der Waals surface area contributed by atoms with Gasteiger partial charge in [0.1, 0.15) is 29.9 Å². The molecule has 1 heterocycles. The van der Waals surface area contributed by atoms with Gasteiger partial charge in [0.15, 0.2) is 0 Å². The lowest BCUT2D eigenvalue weighted by Gasteiger charge is -2.18. The van der Waals surface area contributed by atoms with Crippen LogP contribution in [0.3, 0.4) is 0 Å². The fraction of sp³-hybridized carbons (Fsp3) is 0.500. The van der Waals surface area contributed by atoms with Crippen molar-refractivity contribution < 1.29 is 25.2 Å². The third-order valence-electron chi connectivity index (χ3n) is 2.82. The van der Waals surface area contributed by atoms with Crippen LogP contribution in [0.4, 0.5) is 0 Å². The van der Waals surface area contributed by atoms with Gasteiger partial charge >= 0.3 is 0 Å². The number of ether oxygens (including phenoxy) is 1. The van der Waals surface area contributed by atoms with Crippen LogP contribution in [-0.2, 0) is 4.74 Å². The summed E-state index contributed by atoms with van der Waals surface area (Å²) in [6, 6.07) is 9.33. The van der Waals surface area contributed by atoms with Crippen molar-refractivity contribution in [1.82, 2.24) is 0 Å². The number of thioether (sulfide) groups is 1. The van der Waals surface area contributed by atoms with E-state index in [4.69, 9.17) is 9.84 Å². The zero-order valence-corrected chi connectivity index (χ0v) is 10.4. The first kappa shape index (κ1) is 13.8. The van der Waals surface area contributed by atoms with E-state index in [9.17, 15) is 15.3 Å². The molecule has 4 N–H and O–H groups in total. The van der Waals surface area contributed by atoms with Crippen LogP contribution in [0.1, 0.15) is 0 Å². The Balaban J connectivity index is 2.03. The number of rotatable bonds is 4. The van der Waals surface area contributed by atoms with E-state index in [1.807, 2.05) is 30.3 Å². The molecule has 1 aliphatic heterocycles. The second kappa shape index (κ2) is 6.01. The molecule has 0 amide bonds. The van der Waals surface area contributed by atoms with Gasteiger partial charge < -0.3 is 25.2 Å². The maximum Gasteiger partial charge on any atom is 0.136 e. The lowest BCUT2D eigenvalue weighted by Crippen LogP contribution is -2.40. The summed E-state index contributed by atoms with van der Waals surface area (Å²) in [4.78, 5) is 0.896. The number of hydrogen-bond donors (Lipinski definition) is 4. The first-order chi connectivity index (χ1) is 8.63. The highest BCUT2D eigenvalue weighted by Gasteiger charge is 2.46. The standard InChI is InChI=1S/C12H16O5S/c13-6-8(14)11-9(15)10(16)12(17-11)18-7-4-2-1-3-5-7/h1-5,8-16H,6H2/t8-,9-,10-,11-,12+/m1/s1. The van der Waals surface area contributed by atoms with Gasteiger partial charge in [-0.3, -0.25) is 0 Å². The van der Waals surface area contributed by atoms with Crippen LogP contribution in [0.15, 0.2) is 35.2 Å². The molecule has 6 heteroatoms. The molecule has 0 aliphatic carbocycles. The topological polar surface area (TPSA) is 90.2 Å². The SMILES string of the molecule is OC[C@@H](O)[C@H]1O[C@@H](Sc2ccccc2)[C@H](O)[C@H]1O. The zero-order valence-electron chi connectivity index (χ0n) is 9.59. The predicted molar refractivity (Wildman–Crippen MR) is 66.1 cm³/mol. The maximum atomic E-state index is 9.85. The number of aliphatic hydroxyl groups excluding tert-OH is 4. The van der Waals surface area contributed by atoms with E-state index < -0.39 is 36.5 Å². The Bertz CT molecular complexity index is 374. The summed E-state index contributed by atoms with van der Waals surface area (Å²) in [5.41, 5.74) is -0.659. The van der Waals surface area contributed by atoms with Crippen molar-refractivity contribution in [2.24, 2.45) is 0 Å². The molecule has 5 atom stereocenters. The highest BCUT2D eigenvalue weighted by Crippen LogP contribution is 2.35. The molecule has 0 aromatic heterocycles. The largest absolute Gasteiger partial charge is 0.394 e. The van der Waals surface area contributed by atoms with Crippen LogP contribution in [0.5, 0.6) is 0 Å². The minimum absolute atomic E-state index is 0.517. The smallest absolute Gasteiger partial charge is 0.136 e. The molecule has 0 radical (unpaired) electrons. The van der Waals surface area contributed by atoms with Crippen molar-refractivity contribution in [3.8, 4) is 0 Å². The van der Waals surface area contributed by atoms with Gasteiger partial charge in [0, 0.05) is 4.90 Å². The Morgan fingerprint density at radius 2 is 1.83 bits per heavy atom. The molecule has 0 spiro atoms. The monoisotopic (exact) mass is 272 g/mol. The molecule has 1 fully saturated rings. The van der Waals surface area contributed by atoms with Gasteiger partial charge in [-0.05, 0) is 12.1 Å². The molecule has 18 heavy (non-hydrogen) atoms. The number of hydrogen-bond acceptors (Lipinski definition) is 6. The van der Waals surface area contributed by atoms with E-state index in [-0.39, 0.29) is 0 Å². The Hall–Kier alpha value is -0.630. The molecule has 0 saturated carbocycles. The summed E-state index contributed by atoms with van der Waals surface area (Å²) in [7, 11) is 0. The van der Waals surface area contributed by atoms with Gasteiger partial charge in [-0.25, -0.2) is 0 Å². The van der Waals surface area contributed by atoms with Gasteiger partial charge in [-0.15, -0.1) is 0 Å². The van der Waals surface area contributed by atoms with Gasteiger partial charge in [0.2, 0.25) is 0 Å². The normalized spacial score (nSPS) is 33.6. The van der Waals surface area contributed by atoms with Crippen molar-refractivity contribution >= 4 is 11.8 Å². The highest BCUT2D eigenvalue weighted by atomic mass is 32.2. The minimum Gasteiger partial charge on any atom is -0.394 e. The molecule has 1 aromatic rings. The average molecular weight is 272 g/mol. The molecule has 5 nitrogen and oxygen atoms in total. The van der Waals surface area contributed by atoms with Gasteiger partial charge in [-0.2, -0.15) is 0 Å². The fourth-order valence-electron chi connectivity index (χ4n) is 1.82. The number of benzene rings is 1. The van der Waals surface area contributed by atoms with E-state index in [1.165, 1.54) is 11.8 Å². The quantitative estimate of drug-likeness (QED) is 0.595. The second-order valence-electron chi connectivity index (χ2n) is 4.13. The minimum atomic E-state index is -1.20. The molecule has 1 aliphatic rings. The summed E-state index contributed by atoms with van der Waals surface area (Å²) >= 11 is 1.27. The van der Waals surface area contributed by atoms with Gasteiger partial charge in [0.05, 0.1) is 6.61 Å². The highest BCUT2D eigenvalue weighted by molar-refractivity contribution is 7.99. The van der Waals surface area contributed by atoms with Crippen molar-refractivity contribution in [2.75, 3.05) is 6.61 Å². The van der Waals surface area contributed by atoms with E-state index in [0.717, 1.165) is 4.90 Å². The fourth-order valence-corrected chi connectivity index (χ4v) is 2.89. The Morgan fingerprint density at radius 3 is 2.44 bits per heavy atom. The summed E-state index contributed by atoms with van der Waals surface area (Å²) in [6.45, 7) is -0.517. The number of aliphatic hydroxyl groups is 4. The zero-order chi connectivity index (χ0) is 13.1. The van der Waals surface area contributed by atoms with Crippen molar-refractivity contribution in [3.63, 3.8) is 0 Å². The first-order valence-corrected chi connectivity index (χ1v) is 6.53. The summed E-state index contributed by atoms with van der Waals surface area (Å²) < 4.78 is 5.40. The first-order valence-electron chi connectivity index (χ1n) is 5.65. The van der Waals surface area contributed by atoms with E-state index in [0.29, 0.717) is 0 Å². The van der Waals surface area contributed by atoms with E-state index >= 15 is 0 Å². The Morgan fingerprint density at radius 1 is 1.17 bits per heavy atom. The second-order valence-corrected chi connectivity index (χ2v) is 5.30. The van der Waals surface area contributed by atoms with Crippen LogP contribution in [0.25, 0.3) is 0 Å². The van der Waals surface area contributed by atoms with Gasteiger partial charge in [0.25, 0.3) is 0 Å². The average Bonchev–Trinajstić information content (AvgIpc) is 2.67. The Kier molecular flexibility index (Phi) is 4.60. The molecular formula is C12H16O5S. The molecule has 0 unspecified atom stereocenters. The molecule has 1 aromatic carbocycles. The molecular weight excluding hydrogens is 256 g/mol. The van der Waals surface area contributed by atoms with Crippen molar-refractivity contribution in [3.05, 3.63) is 30.3 Å². The van der Waals surface area contributed by atoms with Crippen LogP contribution in [0.2, 0.25) is 0 Å². The van der Waals surface area contributed by atoms with Crippen molar-refractivity contribution in [2.45, 2.75) is 34.7 Å². The van der Waals surface area contributed by atoms with Gasteiger partial charge in [-0.1, -0.05) is 30.0 Å². The molecule has 0 bridgehead atoms. The summed E-state index contributed by atoms with van der Waals surface area (Å²) in [5, 5.41) is 37.9. The third-order valence-corrected chi connectivity index (χ3v) is 3.98. The third kappa shape index (κ3) is 2.85. The van der Waals surface area contributed by atoms with Crippen molar-refractivity contribution in [1.29, 1.82) is 0 Å². The van der Waals surface area contributed by atoms with Crippen LogP contribution < -0.4 is 0 Å². The lowest BCUT2D eigenvalue weighted by atomic mass is 10.1. The summed E-state index contributed by atoms with van der Waals surface area (Å²) in [6.07, 6.45) is -4.46. The molecule has 1 saturated heterocycles. The van der Waals surface area contributed by atoms with E-state index in [2.05, 4.69) is 0 Å².